The Labute approximate surface area is 132 Å². The highest BCUT2D eigenvalue weighted by molar-refractivity contribution is 9.10. The molecular formula is C12H14BrCl2NO2S. The summed E-state index contributed by atoms with van der Waals surface area (Å²) in [7, 11) is -3.43. The fourth-order valence-electron chi connectivity index (χ4n) is 2.19. The molecule has 19 heavy (non-hydrogen) atoms. The normalized spacial score (nSPS) is 20.9. The van der Waals surface area contributed by atoms with Crippen molar-refractivity contribution in [1.82, 2.24) is 4.31 Å². The quantitative estimate of drug-likeness (QED) is 0.739. The van der Waals surface area contributed by atoms with Gasteiger partial charge in [-0.3, -0.25) is 0 Å². The van der Waals surface area contributed by atoms with Crippen LogP contribution in [0.25, 0.3) is 0 Å². The zero-order chi connectivity index (χ0) is 14.0. The second kappa shape index (κ2) is 6.31. The molecule has 1 heterocycles. The van der Waals surface area contributed by atoms with Gasteiger partial charge in [-0.05, 0) is 52.9 Å². The van der Waals surface area contributed by atoms with Gasteiger partial charge in [-0.25, -0.2) is 8.42 Å². The molecule has 106 valence electrons. The molecule has 1 aliphatic rings. The molecule has 1 fully saturated rings. The van der Waals surface area contributed by atoms with Crippen LogP contribution >= 0.6 is 39.1 Å². The first-order valence-electron chi connectivity index (χ1n) is 5.96. The first-order valence-corrected chi connectivity index (χ1v) is 9.11. The summed E-state index contributed by atoms with van der Waals surface area (Å²) < 4.78 is 27.1. The zero-order valence-electron chi connectivity index (χ0n) is 10.2. The fourth-order valence-corrected chi connectivity index (χ4v) is 4.71. The van der Waals surface area contributed by atoms with E-state index in [-0.39, 0.29) is 4.90 Å². The lowest BCUT2D eigenvalue weighted by Crippen LogP contribution is -2.29. The number of benzene rings is 1. The molecule has 3 nitrogen and oxygen atoms in total. The van der Waals surface area contributed by atoms with E-state index in [2.05, 4.69) is 15.9 Å². The minimum absolute atomic E-state index is 0.273. The molecule has 0 amide bonds. The lowest BCUT2D eigenvalue weighted by molar-refractivity contribution is 0.453. The van der Waals surface area contributed by atoms with Crippen LogP contribution in [0.15, 0.2) is 27.6 Å². The third kappa shape index (κ3) is 3.45. The van der Waals surface area contributed by atoms with Crippen LogP contribution in [0.5, 0.6) is 0 Å². The van der Waals surface area contributed by atoms with Crippen molar-refractivity contribution in [2.24, 2.45) is 5.92 Å². The molecule has 1 atom stereocenters. The molecule has 0 aliphatic carbocycles. The van der Waals surface area contributed by atoms with Gasteiger partial charge < -0.3 is 0 Å². The second-order valence-electron chi connectivity index (χ2n) is 4.57. The van der Waals surface area contributed by atoms with Crippen LogP contribution in [-0.4, -0.2) is 31.7 Å². The van der Waals surface area contributed by atoms with Crippen LogP contribution in [-0.2, 0) is 10.0 Å². The highest BCUT2D eigenvalue weighted by atomic mass is 79.9. The molecular weight excluding hydrogens is 373 g/mol. The lowest BCUT2D eigenvalue weighted by Gasteiger charge is -2.16. The second-order valence-corrected chi connectivity index (χ2v) is 8.15. The summed E-state index contributed by atoms with van der Waals surface area (Å²) in [6.07, 6.45) is 1.73. The van der Waals surface area contributed by atoms with Crippen molar-refractivity contribution in [1.29, 1.82) is 0 Å². The summed E-state index contributed by atoms with van der Waals surface area (Å²) in [5.74, 6) is 0.938. The Morgan fingerprint density at radius 1 is 1.42 bits per heavy atom. The van der Waals surface area contributed by atoms with E-state index in [0.29, 0.717) is 34.4 Å². The lowest BCUT2D eigenvalue weighted by atomic mass is 10.1. The Balaban J connectivity index is 2.21. The van der Waals surface area contributed by atoms with Gasteiger partial charge in [-0.1, -0.05) is 11.6 Å². The van der Waals surface area contributed by atoms with Crippen LogP contribution in [0.2, 0.25) is 5.02 Å². The largest absolute Gasteiger partial charge is 0.243 e. The summed E-state index contributed by atoms with van der Waals surface area (Å²) in [5, 5.41) is 0.500. The Morgan fingerprint density at radius 3 is 2.79 bits per heavy atom. The predicted molar refractivity (Wildman–Crippen MR) is 81.4 cm³/mol. The molecule has 0 bridgehead atoms. The number of sulfonamides is 1. The maximum absolute atomic E-state index is 12.5. The van der Waals surface area contributed by atoms with Crippen LogP contribution in [0, 0.1) is 5.92 Å². The van der Waals surface area contributed by atoms with E-state index in [4.69, 9.17) is 23.2 Å². The van der Waals surface area contributed by atoms with E-state index in [9.17, 15) is 8.42 Å². The van der Waals surface area contributed by atoms with Crippen molar-refractivity contribution in [3.63, 3.8) is 0 Å². The van der Waals surface area contributed by atoms with Gasteiger partial charge in [0, 0.05) is 23.4 Å². The van der Waals surface area contributed by atoms with Crippen molar-refractivity contribution in [3.05, 3.63) is 27.7 Å². The van der Waals surface area contributed by atoms with Crippen LogP contribution < -0.4 is 0 Å². The molecule has 1 aliphatic heterocycles. The van der Waals surface area contributed by atoms with E-state index < -0.39 is 10.0 Å². The maximum atomic E-state index is 12.5. The van der Waals surface area contributed by atoms with Gasteiger partial charge in [0.25, 0.3) is 0 Å². The number of hydrogen-bond acceptors (Lipinski definition) is 2. The monoisotopic (exact) mass is 385 g/mol. The maximum Gasteiger partial charge on any atom is 0.243 e. The number of rotatable bonds is 4. The van der Waals surface area contributed by atoms with Gasteiger partial charge in [-0.2, -0.15) is 4.31 Å². The van der Waals surface area contributed by atoms with Crippen LogP contribution in [0.1, 0.15) is 12.8 Å². The van der Waals surface area contributed by atoms with Gasteiger partial charge >= 0.3 is 0 Å². The zero-order valence-corrected chi connectivity index (χ0v) is 14.1. The molecule has 1 saturated heterocycles. The minimum Gasteiger partial charge on any atom is -0.207 e. The third-order valence-corrected chi connectivity index (χ3v) is 6.59. The van der Waals surface area contributed by atoms with Gasteiger partial charge in [-0.15, -0.1) is 11.6 Å². The van der Waals surface area contributed by atoms with Crippen molar-refractivity contribution >= 4 is 49.2 Å². The Hall–Kier alpha value is 0.190. The smallest absolute Gasteiger partial charge is 0.207 e. The average Bonchev–Trinajstić information content (AvgIpc) is 2.82. The highest BCUT2D eigenvalue weighted by Crippen LogP contribution is 2.30. The molecule has 0 aromatic heterocycles. The van der Waals surface area contributed by atoms with Crippen molar-refractivity contribution in [3.8, 4) is 0 Å². The first kappa shape index (κ1) is 15.6. The minimum atomic E-state index is -3.43. The summed E-state index contributed by atoms with van der Waals surface area (Å²) in [6, 6.07) is 4.68. The summed E-state index contributed by atoms with van der Waals surface area (Å²) >= 11 is 14.8. The average molecular weight is 387 g/mol. The molecule has 1 aromatic carbocycles. The van der Waals surface area contributed by atoms with Gasteiger partial charge in [0.1, 0.15) is 0 Å². The third-order valence-electron chi connectivity index (χ3n) is 3.29. The molecule has 0 radical (unpaired) electrons. The number of alkyl halides is 1. The van der Waals surface area contributed by atoms with Crippen molar-refractivity contribution < 1.29 is 8.42 Å². The number of hydrogen-bond donors (Lipinski definition) is 0. The fraction of sp³-hybridized carbons (Fsp3) is 0.500. The van der Waals surface area contributed by atoms with Crippen molar-refractivity contribution in [2.75, 3.05) is 19.0 Å². The molecule has 1 unspecified atom stereocenters. The summed E-state index contributed by atoms with van der Waals surface area (Å²) in [5.41, 5.74) is 0. The number of nitrogens with zero attached hydrogens (tertiary/aromatic N) is 1. The van der Waals surface area contributed by atoms with Crippen LogP contribution in [0.3, 0.4) is 0 Å². The predicted octanol–water partition coefficient (Wildman–Crippen LogP) is 3.74. The van der Waals surface area contributed by atoms with E-state index in [1.807, 2.05) is 0 Å². The van der Waals surface area contributed by atoms with Crippen molar-refractivity contribution in [2.45, 2.75) is 17.7 Å². The summed E-state index contributed by atoms with van der Waals surface area (Å²) in [6.45, 7) is 1.11. The Kier molecular flexibility index (Phi) is 5.17. The molecule has 0 N–H and O–H groups in total. The Morgan fingerprint density at radius 2 is 2.16 bits per heavy atom. The topological polar surface area (TPSA) is 37.4 Å². The van der Waals surface area contributed by atoms with E-state index >= 15 is 0 Å². The SMILES string of the molecule is O=S(=O)(c1ccc(Cl)c(Br)c1)N1CCC(CCCl)C1. The van der Waals surface area contributed by atoms with E-state index in [1.54, 1.807) is 12.1 Å². The van der Waals surface area contributed by atoms with Crippen LogP contribution in [0.4, 0.5) is 0 Å². The standard InChI is InChI=1S/C12H14BrCl2NO2S/c13-11-7-10(1-2-12(11)15)19(17,18)16-6-4-9(8-16)3-5-14/h1-2,7,9H,3-6,8H2. The van der Waals surface area contributed by atoms with E-state index in [0.717, 1.165) is 12.8 Å². The molecule has 0 spiro atoms. The molecule has 0 saturated carbocycles. The number of halogens is 3. The van der Waals surface area contributed by atoms with Gasteiger partial charge in [0.05, 0.1) is 9.92 Å². The van der Waals surface area contributed by atoms with Gasteiger partial charge in [0.2, 0.25) is 10.0 Å². The van der Waals surface area contributed by atoms with Gasteiger partial charge in [0.15, 0.2) is 0 Å². The first-order chi connectivity index (χ1) is 8.95. The molecule has 2 rings (SSSR count). The molecule has 7 heteroatoms. The van der Waals surface area contributed by atoms with E-state index in [1.165, 1.54) is 10.4 Å². The molecule has 1 aromatic rings. The summed E-state index contributed by atoms with van der Waals surface area (Å²) in [4.78, 5) is 0.273. The Bertz CT molecular complexity index is 565. The highest BCUT2D eigenvalue weighted by Gasteiger charge is 2.32.